The van der Waals surface area contributed by atoms with Crippen molar-refractivity contribution >= 4 is 22.0 Å². The standard InChI is InChI=1S/C17H27N3O5S/c1-12(2)9-19-26(24,25)15-7-5-14(6-8-15)10-18-17(23)20(4)11-13(3)16(21)22/h5-8,12-13,19H,9-11H2,1-4H3,(H,18,23)(H,21,22). The first kappa shape index (κ1) is 21.9. The van der Waals surface area contributed by atoms with Gasteiger partial charge in [-0.3, -0.25) is 4.79 Å². The summed E-state index contributed by atoms with van der Waals surface area (Å²) in [6.45, 7) is 6.04. The Morgan fingerprint density at radius 3 is 2.23 bits per heavy atom. The molecule has 1 atom stereocenters. The Kier molecular flexibility index (Phi) is 8.04. The smallest absolute Gasteiger partial charge is 0.317 e. The Balaban J connectivity index is 2.59. The van der Waals surface area contributed by atoms with Crippen LogP contribution in [0.4, 0.5) is 4.79 Å². The van der Waals surface area contributed by atoms with Crippen LogP contribution in [0.15, 0.2) is 29.2 Å². The highest BCUT2D eigenvalue weighted by Gasteiger charge is 2.17. The second-order valence-electron chi connectivity index (χ2n) is 6.67. The van der Waals surface area contributed by atoms with E-state index in [1.807, 2.05) is 13.8 Å². The third-order valence-corrected chi connectivity index (χ3v) is 5.11. The van der Waals surface area contributed by atoms with Crippen LogP contribution >= 0.6 is 0 Å². The number of carbonyl (C=O) groups is 2. The molecule has 0 saturated carbocycles. The van der Waals surface area contributed by atoms with Crippen molar-refractivity contribution in [3.05, 3.63) is 29.8 Å². The predicted octanol–water partition coefficient (Wildman–Crippen LogP) is 1.48. The number of nitrogens with one attached hydrogen (secondary N) is 2. The second-order valence-corrected chi connectivity index (χ2v) is 8.44. The van der Waals surface area contributed by atoms with E-state index in [9.17, 15) is 18.0 Å². The van der Waals surface area contributed by atoms with Crippen molar-refractivity contribution in [2.24, 2.45) is 11.8 Å². The number of sulfonamides is 1. The van der Waals surface area contributed by atoms with E-state index in [-0.39, 0.29) is 23.9 Å². The monoisotopic (exact) mass is 385 g/mol. The Hall–Kier alpha value is -2.13. The largest absolute Gasteiger partial charge is 0.481 e. The number of carbonyl (C=O) groups excluding carboxylic acids is 1. The molecule has 0 heterocycles. The number of hydrogen-bond donors (Lipinski definition) is 3. The van der Waals surface area contributed by atoms with Gasteiger partial charge in [0.2, 0.25) is 10.0 Å². The number of rotatable bonds is 9. The molecule has 2 amide bonds. The summed E-state index contributed by atoms with van der Waals surface area (Å²) in [6, 6.07) is 5.84. The molecule has 1 aromatic carbocycles. The van der Waals surface area contributed by atoms with Crippen LogP contribution < -0.4 is 10.0 Å². The van der Waals surface area contributed by atoms with Crippen LogP contribution in [0.3, 0.4) is 0 Å². The molecule has 0 radical (unpaired) electrons. The molecule has 0 spiro atoms. The number of hydrogen-bond acceptors (Lipinski definition) is 4. The zero-order valence-corrected chi connectivity index (χ0v) is 16.3. The summed E-state index contributed by atoms with van der Waals surface area (Å²) in [7, 11) is -2.02. The molecule has 1 rings (SSSR count). The maximum atomic E-state index is 12.1. The molecule has 26 heavy (non-hydrogen) atoms. The number of carboxylic acids is 1. The van der Waals surface area contributed by atoms with E-state index in [1.165, 1.54) is 31.0 Å². The van der Waals surface area contributed by atoms with Gasteiger partial charge in [0.25, 0.3) is 0 Å². The van der Waals surface area contributed by atoms with Crippen molar-refractivity contribution in [2.45, 2.75) is 32.2 Å². The maximum Gasteiger partial charge on any atom is 0.317 e. The number of amides is 2. The molecule has 1 unspecified atom stereocenters. The fraction of sp³-hybridized carbons (Fsp3) is 0.529. The summed E-state index contributed by atoms with van der Waals surface area (Å²) in [5.74, 6) is -1.42. The van der Waals surface area contributed by atoms with Gasteiger partial charge < -0.3 is 15.3 Å². The second kappa shape index (κ2) is 9.54. The first-order valence-electron chi connectivity index (χ1n) is 8.33. The Bertz CT molecular complexity index is 716. The van der Waals surface area contributed by atoms with Gasteiger partial charge in [-0.15, -0.1) is 0 Å². The topological polar surface area (TPSA) is 116 Å². The molecule has 0 aliphatic carbocycles. The van der Waals surface area contributed by atoms with Gasteiger partial charge in [-0.05, 0) is 23.6 Å². The van der Waals surface area contributed by atoms with Crippen LogP contribution in [0.1, 0.15) is 26.3 Å². The van der Waals surface area contributed by atoms with Crippen LogP contribution in [0.2, 0.25) is 0 Å². The van der Waals surface area contributed by atoms with Crippen LogP contribution in [0.5, 0.6) is 0 Å². The molecule has 1 aromatic rings. The van der Waals surface area contributed by atoms with Crippen LogP contribution in [0.25, 0.3) is 0 Å². The van der Waals surface area contributed by atoms with E-state index in [1.54, 1.807) is 12.1 Å². The van der Waals surface area contributed by atoms with Gasteiger partial charge in [0.15, 0.2) is 0 Å². The van der Waals surface area contributed by atoms with E-state index in [2.05, 4.69) is 10.0 Å². The van der Waals surface area contributed by atoms with Gasteiger partial charge >= 0.3 is 12.0 Å². The number of benzene rings is 1. The van der Waals surface area contributed by atoms with Crippen molar-refractivity contribution in [3.8, 4) is 0 Å². The summed E-state index contributed by atoms with van der Waals surface area (Å²) < 4.78 is 26.8. The minimum Gasteiger partial charge on any atom is -0.481 e. The van der Waals surface area contributed by atoms with Gasteiger partial charge in [0, 0.05) is 26.7 Å². The Labute approximate surface area is 154 Å². The fourth-order valence-electron chi connectivity index (χ4n) is 2.03. The van der Waals surface area contributed by atoms with E-state index in [4.69, 9.17) is 5.11 Å². The molecule has 0 fully saturated rings. The molecule has 0 bridgehead atoms. The van der Waals surface area contributed by atoms with Crippen molar-refractivity contribution < 1.29 is 23.1 Å². The lowest BCUT2D eigenvalue weighted by Gasteiger charge is -2.20. The highest BCUT2D eigenvalue weighted by atomic mass is 32.2. The molecule has 0 aliphatic rings. The number of carboxylic acid groups (broad SMARTS) is 1. The van der Waals surface area contributed by atoms with Crippen molar-refractivity contribution in [3.63, 3.8) is 0 Å². The lowest BCUT2D eigenvalue weighted by Crippen LogP contribution is -2.40. The number of aliphatic carboxylic acids is 1. The van der Waals surface area contributed by atoms with E-state index in [0.29, 0.717) is 6.54 Å². The van der Waals surface area contributed by atoms with E-state index in [0.717, 1.165) is 5.56 Å². The predicted molar refractivity (Wildman–Crippen MR) is 98.1 cm³/mol. The summed E-state index contributed by atoms with van der Waals surface area (Å²) >= 11 is 0. The number of urea groups is 1. The van der Waals surface area contributed by atoms with Crippen molar-refractivity contribution in [1.82, 2.24) is 14.9 Å². The molecule has 0 aromatic heterocycles. The van der Waals surface area contributed by atoms with Crippen LogP contribution in [-0.4, -0.2) is 50.6 Å². The average Bonchev–Trinajstić information content (AvgIpc) is 2.58. The molecule has 0 aliphatic heterocycles. The minimum absolute atomic E-state index is 0.0971. The molecule has 0 saturated heterocycles. The third kappa shape index (κ3) is 7.01. The summed E-state index contributed by atoms with van der Waals surface area (Å²) in [6.07, 6.45) is 0. The number of nitrogens with zero attached hydrogens (tertiary/aromatic N) is 1. The quantitative estimate of drug-likeness (QED) is 0.595. The Morgan fingerprint density at radius 1 is 1.15 bits per heavy atom. The maximum absolute atomic E-state index is 12.1. The van der Waals surface area contributed by atoms with Crippen molar-refractivity contribution in [1.29, 1.82) is 0 Å². The molecule has 9 heteroatoms. The first-order valence-corrected chi connectivity index (χ1v) is 9.81. The minimum atomic E-state index is -3.54. The molecular weight excluding hydrogens is 358 g/mol. The lowest BCUT2D eigenvalue weighted by molar-refractivity contribution is -0.141. The van der Waals surface area contributed by atoms with Gasteiger partial charge in [0.1, 0.15) is 0 Å². The third-order valence-electron chi connectivity index (χ3n) is 3.67. The normalized spacial score (nSPS) is 12.7. The first-order chi connectivity index (χ1) is 12.0. The SMILES string of the molecule is CC(C)CNS(=O)(=O)c1ccc(CNC(=O)N(C)CC(C)C(=O)O)cc1. The highest BCUT2D eigenvalue weighted by molar-refractivity contribution is 7.89. The average molecular weight is 385 g/mol. The molecule has 146 valence electrons. The fourth-order valence-corrected chi connectivity index (χ4v) is 3.24. The molecule has 3 N–H and O–H groups in total. The van der Waals surface area contributed by atoms with Crippen LogP contribution in [-0.2, 0) is 21.4 Å². The highest BCUT2D eigenvalue weighted by Crippen LogP contribution is 2.11. The molecule has 8 nitrogen and oxygen atoms in total. The summed E-state index contributed by atoms with van der Waals surface area (Å²) in [5.41, 5.74) is 0.737. The van der Waals surface area contributed by atoms with Gasteiger partial charge in [-0.2, -0.15) is 0 Å². The molecular formula is C17H27N3O5S. The summed E-state index contributed by atoms with van der Waals surface area (Å²) in [5, 5.41) is 11.5. The van der Waals surface area contributed by atoms with Gasteiger partial charge in [-0.25, -0.2) is 17.9 Å². The Morgan fingerprint density at radius 2 is 1.73 bits per heavy atom. The summed E-state index contributed by atoms with van der Waals surface area (Å²) in [4.78, 5) is 24.3. The van der Waals surface area contributed by atoms with E-state index >= 15 is 0 Å². The zero-order chi connectivity index (χ0) is 19.9. The van der Waals surface area contributed by atoms with Gasteiger partial charge in [-0.1, -0.05) is 32.9 Å². The van der Waals surface area contributed by atoms with E-state index < -0.39 is 27.9 Å². The lowest BCUT2D eigenvalue weighted by atomic mass is 10.2. The van der Waals surface area contributed by atoms with Crippen molar-refractivity contribution in [2.75, 3.05) is 20.1 Å². The van der Waals surface area contributed by atoms with Gasteiger partial charge in [0.05, 0.1) is 10.8 Å². The van der Waals surface area contributed by atoms with Crippen LogP contribution in [0, 0.1) is 11.8 Å². The zero-order valence-electron chi connectivity index (χ0n) is 15.5.